The third kappa shape index (κ3) is 3.70. The van der Waals surface area contributed by atoms with Crippen molar-refractivity contribution in [3.63, 3.8) is 0 Å². The number of halogens is 2. The van der Waals surface area contributed by atoms with Gasteiger partial charge in [-0.1, -0.05) is 18.2 Å². The third-order valence-corrected chi connectivity index (χ3v) is 4.00. The van der Waals surface area contributed by atoms with Gasteiger partial charge in [0.15, 0.2) is 23.1 Å². The standard InChI is InChI=1S/C18H18F2N2O4/c1-10(18(21)23)22-7-11-5-6-14(17-16(11)25-9-26-17)24-8-12-3-2-4-13(19)15(12)20/h2-6,10,22H,7-9H2,1H3,(H2,21,23). The first-order valence-electron chi connectivity index (χ1n) is 7.97. The maximum atomic E-state index is 13.7. The fourth-order valence-corrected chi connectivity index (χ4v) is 2.46. The molecule has 3 rings (SSSR count). The van der Waals surface area contributed by atoms with Gasteiger partial charge >= 0.3 is 0 Å². The zero-order valence-corrected chi connectivity index (χ0v) is 14.1. The Kier molecular flexibility index (Phi) is 5.22. The van der Waals surface area contributed by atoms with Crippen LogP contribution in [0.5, 0.6) is 17.2 Å². The van der Waals surface area contributed by atoms with E-state index in [9.17, 15) is 13.6 Å². The Bertz CT molecular complexity index is 829. The number of nitrogens with one attached hydrogen (secondary N) is 1. The molecular formula is C18H18F2N2O4. The monoisotopic (exact) mass is 364 g/mol. The third-order valence-electron chi connectivity index (χ3n) is 4.00. The van der Waals surface area contributed by atoms with Crippen LogP contribution in [-0.2, 0) is 17.9 Å². The zero-order chi connectivity index (χ0) is 18.7. The second-order valence-electron chi connectivity index (χ2n) is 5.79. The first kappa shape index (κ1) is 17.9. The number of amides is 1. The maximum absolute atomic E-state index is 13.7. The van der Waals surface area contributed by atoms with Crippen molar-refractivity contribution in [2.75, 3.05) is 6.79 Å². The van der Waals surface area contributed by atoms with Crippen LogP contribution in [0.4, 0.5) is 8.78 Å². The highest BCUT2D eigenvalue weighted by molar-refractivity contribution is 5.79. The number of hydrogen-bond acceptors (Lipinski definition) is 5. The van der Waals surface area contributed by atoms with Gasteiger partial charge in [0.25, 0.3) is 0 Å². The molecule has 1 atom stereocenters. The molecule has 1 amide bonds. The fourth-order valence-electron chi connectivity index (χ4n) is 2.46. The van der Waals surface area contributed by atoms with Gasteiger partial charge in [0.05, 0.1) is 6.04 Å². The Hall–Kier alpha value is -2.87. The van der Waals surface area contributed by atoms with Gasteiger partial charge in [-0.2, -0.15) is 0 Å². The predicted molar refractivity (Wildman–Crippen MR) is 88.8 cm³/mol. The van der Waals surface area contributed by atoms with Crippen LogP contribution in [0.2, 0.25) is 0 Å². The van der Waals surface area contributed by atoms with Crippen molar-refractivity contribution in [3.8, 4) is 17.2 Å². The lowest BCUT2D eigenvalue weighted by Crippen LogP contribution is -2.38. The van der Waals surface area contributed by atoms with Crippen LogP contribution >= 0.6 is 0 Å². The highest BCUT2D eigenvalue weighted by Crippen LogP contribution is 2.43. The van der Waals surface area contributed by atoms with Crippen molar-refractivity contribution < 1.29 is 27.8 Å². The van der Waals surface area contributed by atoms with Crippen molar-refractivity contribution in [3.05, 3.63) is 53.1 Å². The van der Waals surface area contributed by atoms with Gasteiger partial charge < -0.3 is 25.3 Å². The van der Waals surface area contributed by atoms with E-state index in [1.54, 1.807) is 19.1 Å². The van der Waals surface area contributed by atoms with Crippen LogP contribution in [0.25, 0.3) is 0 Å². The molecule has 0 spiro atoms. The van der Waals surface area contributed by atoms with Gasteiger partial charge in [-0.05, 0) is 19.1 Å². The molecule has 3 N–H and O–H groups in total. The molecule has 0 fully saturated rings. The molecule has 2 aromatic rings. The summed E-state index contributed by atoms with van der Waals surface area (Å²) in [5, 5.41) is 2.98. The summed E-state index contributed by atoms with van der Waals surface area (Å²) in [5.74, 6) is -1.12. The Labute approximate surface area is 148 Å². The molecule has 6 nitrogen and oxygen atoms in total. The van der Waals surface area contributed by atoms with E-state index in [4.69, 9.17) is 19.9 Å². The number of nitrogens with two attached hydrogens (primary N) is 1. The number of primary amides is 1. The largest absolute Gasteiger partial charge is 0.485 e. The Balaban J connectivity index is 1.74. The summed E-state index contributed by atoms with van der Waals surface area (Å²) in [4.78, 5) is 11.1. The molecule has 0 bridgehead atoms. The van der Waals surface area contributed by atoms with Crippen LogP contribution in [0.1, 0.15) is 18.1 Å². The SMILES string of the molecule is CC(NCc1ccc(OCc2cccc(F)c2F)c2c1OCO2)C(N)=O. The average Bonchev–Trinajstić information content (AvgIpc) is 3.11. The molecule has 0 aromatic heterocycles. The molecule has 1 aliphatic heterocycles. The minimum Gasteiger partial charge on any atom is -0.485 e. The highest BCUT2D eigenvalue weighted by atomic mass is 19.2. The molecule has 1 heterocycles. The quantitative estimate of drug-likeness (QED) is 0.787. The summed E-state index contributed by atoms with van der Waals surface area (Å²) in [5.41, 5.74) is 6.08. The van der Waals surface area contributed by atoms with Crippen molar-refractivity contribution >= 4 is 5.91 Å². The summed E-state index contributed by atoms with van der Waals surface area (Å²) in [6, 6.07) is 6.79. The van der Waals surface area contributed by atoms with Crippen molar-refractivity contribution in [2.45, 2.75) is 26.1 Å². The van der Waals surface area contributed by atoms with E-state index in [0.717, 1.165) is 11.6 Å². The minimum absolute atomic E-state index is 0.0163. The highest BCUT2D eigenvalue weighted by Gasteiger charge is 2.24. The molecule has 0 aliphatic carbocycles. The molecule has 138 valence electrons. The molecule has 8 heteroatoms. The van der Waals surface area contributed by atoms with Crippen LogP contribution in [0.3, 0.4) is 0 Å². The molecular weight excluding hydrogens is 346 g/mol. The zero-order valence-electron chi connectivity index (χ0n) is 14.1. The number of ether oxygens (including phenoxy) is 3. The molecule has 1 aliphatic rings. The van der Waals surface area contributed by atoms with E-state index < -0.39 is 23.6 Å². The van der Waals surface area contributed by atoms with E-state index in [-0.39, 0.29) is 19.0 Å². The van der Waals surface area contributed by atoms with Gasteiger partial charge in [-0.25, -0.2) is 8.78 Å². The molecule has 2 aromatic carbocycles. The van der Waals surface area contributed by atoms with E-state index >= 15 is 0 Å². The smallest absolute Gasteiger partial charge is 0.234 e. The van der Waals surface area contributed by atoms with Gasteiger partial charge in [-0.3, -0.25) is 4.79 Å². The van der Waals surface area contributed by atoms with Crippen LogP contribution < -0.4 is 25.3 Å². The van der Waals surface area contributed by atoms with Crippen LogP contribution in [-0.4, -0.2) is 18.7 Å². The molecule has 0 radical (unpaired) electrons. The molecule has 1 unspecified atom stereocenters. The lowest BCUT2D eigenvalue weighted by Gasteiger charge is -2.14. The second kappa shape index (κ2) is 7.57. The lowest BCUT2D eigenvalue weighted by atomic mass is 10.1. The minimum atomic E-state index is -0.942. The van der Waals surface area contributed by atoms with Crippen LogP contribution in [0, 0.1) is 11.6 Å². The molecule has 0 saturated heterocycles. The van der Waals surface area contributed by atoms with E-state index in [0.29, 0.717) is 23.8 Å². The summed E-state index contributed by atoms with van der Waals surface area (Å²) in [6.07, 6.45) is 0. The Morgan fingerprint density at radius 2 is 2.00 bits per heavy atom. The number of carbonyl (C=O) groups is 1. The first-order valence-corrected chi connectivity index (χ1v) is 7.97. The van der Waals surface area contributed by atoms with E-state index in [2.05, 4.69) is 5.32 Å². The fraction of sp³-hybridized carbons (Fsp3) is 0.278. The van der Waals surface area contributed by atoms with Crippen molar-refractivity contribution in [1.82, 2.24) is 5.32 Å². The van der Waals surface area contributed by atoms with Crippen molar-refractivity contribution in [2.24, 2.45) is 5.73 Å². The maximum Gasteiger partial charge on any atom is 0.234 e. The molecule has 0 saturated carbocycles. The van der Waals surface area contributed by atoms with E-state index in [1.807, 2.05) is 0 Å². The van der Waals surface area contributed by atoms with Gasteiger partial charge in [-0.15, -0.1) is 0 Å². The Morgan fingerprint density at radius 1 is 1.23 bits per heavy atom. The second-order valence-corrected chi connectivity index (χ2v) is 5.79. The number of hydrogen-bond donors (Lipinski definition) is 2. The van der Waals surface area contributed by atoms with Gasteiger partial charge in [0, 0.05) is 17.7 Å². The summed E-state index contributed by atoms with van der Waals surface area (Å²) in [7, 11) is 0. The first-order chi connectivity index (χ1) is 12.5. The number of fused-ring (bicyclic) bond motifs is 1. The normalized spacial score (nSPS) is 13.5. The lowest BCUT2D eigenvalue weighted by molar-refractivity contribution is -0.119. The Morgan fingerprint density at radius 3 is 2.77 bits per heavy atom. The number of rotatable bonds is 7. The summed E-state index contributed by atoms with van der Waals surface area (Å²) in [6.45, 7) is 1.86. The predicted octanol–water partition coefficient (Wildman–Crippen LogP) is 2.24. The topological polar surface area (TPSA) is 82.8 Å². The van der Waals surface area contributed by atoms with Gasteiger partial charge in [0.1, 0.15) is 6.61 Å². The summed E-state index contributed by atoms with van der Waals surface area (Å²) >= 11 is 0. The average molecular weight is 364 g/mol. The van der Waals surface area contributed by atoms with E-state index in [1.165, 1.54) is 12.1 Å². The molecule has 26 heavy (non-hydrogen) atoms. The number of benzene rings is 2. The summed E-state index contributed by atoms with van der Waals surface area (Å²) < 4.78 is 43.5. The van der Waals surface area contributed by atoms with Crippen LogP contribution in [0.15, 0.2) is 30.3 Å². The van der Waals surface area contributed by atoms with Gasteiger partial charge in [0.2, 0.25) is 18.4 Å². The van der Waals surface area contributed by atoms with Crippen molar-refractivity contribution in [1.29, 1.82) is 0 Å². The number of carbonyl (C=O) groups excluding carboxylic acids is 1.